The van der Waals surface area contributed by atoms with E-state index in [1.807, 2.05) is 68.7 Å². The van der Waals surface area contributed by atoms with E-state index in [2.05, 4.69) is 10.4 Å². The zero-order valence-electron chi connectivity index (χ0n) is 18.3. The Bertz CT molecular complexity index is 1250. The third-order valence-electron chi connectivity index (χ3n) is 5.34. The van der Waals surface area contributed by atoms with Crippen LogP contribution in [0.4, 0.5) is 0 Å². The highest BCUT2D eigenvalue weighted by Crippen LogP contribution is 2.29. The quantitative estimate of drug-likeness (QED) is 0.468. The summed E-state index contributed by atoms with van der Waals surface area (Å²) < 4.78 is 1.68. The molecule has 1 aromatic carbocycles. The molecule has 3 aromatic heterocycles. The molecule has 4 aromatic rings. The monoisotopic (exact) mass is 447 g/mol. The standard InChI is InChI=1S/C24H25N5O2S/c1-4-29(15-17-9-6-5-7-10-17)21(30)14-25-24(31)18-13-19(20-11-8-12-32-20)26-23-22(18)16(2)27-28(23)3/h5-13H,4,14-15H2,1-3H3,(H,25,31). The minimum absolute atomic E-state index is 0.0725. The van der Waals surface area contributed by atoms with Crippen molar-refractivity contribution in [3.63, 3.8) is 0 Å². The van der Waals surface area contributed by atoms with Gasteiger partial charge in [0.1, 0.15) is 0 Å². The first kappa shape index (κ1) is 21.7. The van der Waals surface area contributed by atoms with Crippen LogP contribution < -0.4 is 5.32 Å². The second kappa shape index (κ2) is 9.32. The van der Waals surface area contributed by atoms with Gasteiger partial charge in [-0.1, -0.05) is 36.4 Å². The normalized spacial score (nSPS) is 11.0. The lowest BCUT2D eigenvalue weighted by atomic mass is 10.1. The Morgan fingerprint density at radius 2 is 1.94 bits per heavy atom. The summed E-state index contributed by atoms with van der Waals surface area (Å²) in [6, 6.07) is 15.5. The van der Waals surface area contributed by atoms with Crippen LogP contribution in [0.2, 0.25) is 0 Å². The molecule has 0 bridgehead atoms. The molecule has 0 spiro atoms. The number of nitrogens with one attached hydrogen (secondary N) is 1. The lowest BCUT2D eigenvalue weighted by molar-refractivity contribution is -0.130. The van der Waals surface area contributed by atoms with E-state index in [0.717, 1.165) is 16.1 Å². The van der Waals surface area contributed by atoms with Gasteiger partial charge in [-0.2, -0.15) is 5.10 Å². The van der Waals surface area contributed by atoms with Gasteiger partial charge >= 0.3 is 0 Å². The summed E-state index contributed by atoms with van der Waals surface area (Å²) in [4.78, 5) is 33.4. The number of nitrogens with zero attached hydrogens (tertiary/aromatic N) is 4. The van der Waals surface area contributed by atoms with Crippen LogP contribution in [0.15, 0.2) is 53.9 Å². The highest BCUT2D eigenvalue weighted by molar-refractivity contribution is 7.13. The van der Waals surface area contributed by atoms with Gasteiger partial charge in [0, 0.05) is 20.1 Å². The molecule has 8 heteroatoms. The van der Waals surface area contributed by atoms with Crippen molar-refractivity contribution in [1.29, 1.82) is 0 Å². The van der Waals surface area contributed by atoms with Gasteiger partial charge in [-0.3, -0.25) is 14.3 Å². The Balaban J connectivity index is 1.56. The summed E-state index contributed by atoms with van der Waals surface area (Å²) >= 11 is 1.56. The topological polar surface area (TPSA) is 80.1 Å². The van der Waals surface area contributed by atoms with E-state index in [0.29, 0.717) is 35.4 Å². The minimum Gasteiger partial charge on any atom is -0.343 e. The number of carbonyl (C=O) groups excluding carboxylic acids is 2. The van der Waals surface area contributed by atoms with Crippen LogP contribution in [0.3, 0.4) is 0 Å². The maximum absolute atomic E-state index is 13.2. The molecular weight excluding hydrogens is 422 g/mol. The second-order valence-electron chi connectivity index (χ2n) is 7.52. The first-order chi connectivity index (χ1) is 15.5. The number of rotatable bonds is 7. The fourth-order valence-electron chi connectivity index (χ4n) is 3.72. The van der Waals surface area contributed by atoms with Crippen molar-refractivity contribution in [1.82, 2.24) is 25.0 Å². The number of thiophene rings is 1. The van der Waals surface area contributed by atoms with Gasteiger partial charge in [-0.25, -0.2) is 4.98 Å². The highest BCUT2D eigenvalue weighted by Gasteiger charge is 2.21. The third-order valence-corrected chi connectivity index (χ3v) is 6.23. The molecule has 0 fully saturated rings. The van der Waals surface area contributed by atoms with Crippen molar-refractivity contribution in [2.24, 2.45) is 7.05 Å². The van der Waals surface area contributed by atoms with Gasteiger partial charge in [0.05, 0.1) is 33.8 Å². The summed E-state index contributed by atoms with van der Waals surface area (Å²) in [5, 5.41) is 9.93. The molecule has 0 atom stereocenters. The average molecular weight is 448 g/mol. The smallest absolute Gasteiger partial charge is 0.252 e. The molecule has 164 valence electrons. The van der Waals surface area contributed by atoms with Crippen LogP contribution in [0.1, 0.15) is 28.5 Å². The molecule has 0 unspecified atom stereocenters. The number of aryl methyl sites for hydroxylation is 2. The molecule has 0 saturated carbocycles. The number of hydrogen-bond donors (Lipinski definition) is 1. The number of pyridine rings is 1. The van der Waals surface area contributed by atoms with Crippen molar-refractivity contribution in [3.05, 3.63) is 70.7 Å². The number of fused-ring (bicyclic) bond motifs is 1. The minimum atomic E-state index is -0.310. The van der Waals surface area contributed by atoms with Crippen LogP contribution in [0.25, 0.3) is 21.6 Å². The molecule has 4 rings (SSSR count). The maximum Gasteiger partial charge on any atom is 0.252 e. The fourth-order valence-corrected chi connectivity index (χ4v) is 4.40. The Kier molecular flexibility index (Phi) is 6.32. The highest BCUT2D eigenvalue weighted by atomic mass is 32.1. The predicted octanol–water partition coefficient (Wildman–Crippen LogP) is 3.78. The van der Waals surface area contributed by atoms with Gasteiger partial charge in [-0.15, -0.1) is 11.3 Å². The first-order valence-corrected chi connectivity index (χ1v) is 11.3. The van der Waals surface area contributed by atoms with Crippen molar-refractivity contribution in [2.45, 2.75) is 20.4 Å². The summed E-state index contributed by atoms with van der Waals surface area (Å²) in [7, 11) is 1.81. The van der Waals surface area contributed by atoms with E-state index in [4.69, 9.17) is 4.98 Å². The molecule has 0 radical (unpaired) electrons. The van der Waals surface area contributed by atoms with Crippen LogP contribution >= 0.6 is 11.3 Å². The SMILES string of the molecule is CCN(Cc1ccccc1)C(=O)CNC(=O)c1cc(-c2cccs2)nc2c1c(C)nn2C. The largest absolute Gasteiger partial charge is 0.343 e. The van der Waals surface area contributed by atoms with E-state index in [9.17, 15) is 9.59 Å². The molecule has 7 nitrogen and oxygen atoms in total. The van der Waals surface area contributed by atoms with E-state index in [-0.39, 0.29) is 18.4 Å². The first-order valence-electron chi connectivity index (χ1n) is 10.5. The molecular formula is C24H25N5O2S. The average Bonchev–Trinajstić information content (AvgIpc) is 3.44. The predicted molar refractivity (Wildman–Crippen MR) is 126 cm³/mol. The molecule has 2 amide bonds. The second-order valence-corrected chi connectivity index (χ2v) is 8.46. The van der Waals surface area contributed by atoms with E-state index < -0.39 is 0 Å². The number of likely N-dealkylation sites (N-methyl/N-ethyl adjacent to an activating group) is 1. The number of hydrogen-bond acceptors (Lipinski definition) is 5. The van der Waals surface area contributed by atoms with Gasteiger partial charge < -0.3 is 10.2 Å². The van der Waals surface area contributed by atoms with E-state index >= 15 is 0 Å². The molecule has 0 aliphatic heterocycles. The molecule has 0 aliphatic rings. The van der Waals surface area contributed by atoms with Crippen LogP contribution in [-0.2, 0) is 18.4 Å². The zero-order chi connectivity index (χ0) is 22.7. The fraction of sp³-hybridized carbons (Fsp3) is 0.250. The van der Waals surface area contributed by atoms with Crippen molar-refractivity contribution < 1.29 is 9.59 Å². The molecule has 0 aliphatic carbocycles. The van der Waals surface area contributed by atoms with Crippen LogP contribution in [-0.4, -0.2) is 44.6 Å². The summed E-state index contributed by atoms with van der Waals surface area (Å²) in [5.41, 5.74) is 3.61. The number of benzene rings is 1. The Labute approximate surface area is 190 Å². The van der Waals surface area contributed by atoms with Crippen LogP contribution in [0, 0.1) is 6.92 Å². The van der Waals surface area contributed by atoms with Gasteiger partial charge in [-0.05, 0) is 36.9 Å². The molecule has 32 heavy (non-hydrogen) atoms. The lowest BCUT2D eigenvalue weighted by Crippen LogP contribution is -2.39. The zero-order valence-corrected chi connectivity index (χ0v) is 19.1. The molecule has 0 saturated heterocycles. The summed E-state index contributed by atoms with van der Waals surface area (Å²) in [5.74, 6) is -0.438. The van der Waals surface area contributed by atoms with Crippen molar-refractivity contribution in [2.75, 3.05) is 13.1 Å². The Morgan fingerprint density at radius 3 is 2.62 bits per heavy atom. The van der Waals surface area contributed by atoms with Gasteiger partial charge in [0.2, 0.25) is 5.91 Å². The summed E-state index contributed by atoms with van der Waals surface area (Å²) in [6.07, 6.45) is 0. The molecule has 1 N–H and O–H groups in total. The Hall–Kier alpha value is -3.52. The van der Waals surface area contributed by atoms with E-state index in [1.54, 1.807) is 27.0 Å². The van der Waals surface area contributed by atoms with Crippen molar-refractivity contribution >= 4 is 34.2 Å². The van der Waals surface area contributed by atoms with Crippen LogP contribution in [0.5, 0.6) is 0 Å². The van der Waals surface area contributed by atoms with E-state index in [1.165, 1.54) is 0 Å². The van der Waals surface area contributed by atoms with Gasteiger partial charge in [0.25, 0.3) is 5.91 Å². The Morgan fingerprint density at radius 1 is 1.16 bits per heavy atom. The van der Waals surface area contributed by atoms with Gasteiger partial charge in [0.15, 0.2) is 5.65 Å². The number of carbonyl (C=O) groups is 2. The summed E-state index contributed by atoms with van der Waals surface area (Å²) in [6.45, 7) is 4.79. The molecule has 3 heterocycles. The van der Waals surface area contributed by atoms with Crippen molar-refractivity contribution in [3.8, 4) is 10.6 Å². The maximum atomic E-state index is 13.2. The lowest BCUT2D eigenvalue weighted by Gasteiger charge is -2.21. The number of amides is 2. The third kappa shape index (κ3) is 4.40. The number of aromatic nitrogens is 3.